The predicted octanol–water partition coefficient (Wildman–Crippen LogP) is 5.00. The molecule has 146 valence electrons. The molecular weight excluding hydrogens is 394 g/mol. The maximum absolute atomic E-state index is 13.3. The van der Waals surface area contributed by atoms with Crippen molar-refractivity contribution in [3.8, 4) is 0 Å². The lowest BCUT2D eigenvalue weighted by molar-refractivity contribution is -0.115. The predicted molar refractivity (Wildman–Crippen MR) is 110 cm³/mol. The largest absolute Gasteiger partial charge is 0.322 e. The third-order valence-corrected chi connectivity index (χ3v) is 5.75. The van der Waals surface area contributed by atoms with E-state index in [9.17, 15) is 18.4 Å². The van der Waals surface area contributed by atoms with Gasteiger partial charge < -0.3 is 5.32 Å². The molecule has 1 saturated heterocycles. The summed E-state index contributed by atoms with van der Waals surface area (Å²) in [6, 6.07) is 18.2. The van der Waals surface area contributed by atoms with E-state index in [2.05, 4.69) is 5.32 Å². The van der Waals surface area contributed by atoms with E-state index in [1.165, 1.54) is 48.2 Å². The lowest BCUT2D eigenvalue weighted by Gasteiger charge is -2.26. The number of amides is 2. The first-order chi connectivity index (χ1) is 14.0. The molecule has 1 aliphatic heterocycles. The molecule has 4 nitrogen and oxygen atoms in total. The van der Waals surface area contributed by atoms with Crippen LogP contribution in [0.25, 0.3) is 0 Å². The van der Waals surface area contributed by atoms with Crippen LogP contribution in [0.3, 0.4) is 0 Å². The van der Waals surface area contributed by atoms with Gasteiger partial charge in [-0.05, 0) is 54.6 Å². The van der Waals surface area contributed by atoms with Crippen molar-refractivity contribution >= 4 is 35.0 Å². The molecule has 1 aliphatic rings. The number of carbonyl (C=O) groups is 2. The molecule has 0 aliphatic carbocycles. The summed E-state index contributed by atoms with van der Waals surface area (Å²) in [5.41, 5.74) is 2.22. The monoisotopic (exact) mass is 410 g/mol. The number of anilines is 2. The SMILES string of the molecule is O=C(Nc1ccccc1[C@@H]1SCC(=O)N1c1ccc(F)cc1)c1ccc(F)cc1. The standard InChI is InChI=1S/C22H16F2N2O2S/c23-15-7-5-14(6-8-15)21(28)25-19-4-2-1-3-18(19)22-26(20(27)13-29-22)17-11-9-16(24)10-12-17/h1-12,22H,13H2,(H,25,28)/t22-/m0/s1. The molecule has 0 bridgehead atoms. The van der Waals surface area contributed by atoms with Gasteiger partial charge in [0.1, 0.15) is 17.0 Å². The summed E-state index contributed by atoms with van der Waals surface area (Å²) >= 11 is 1.43. The molecule has 4 rings (SSSR count). The number of carbonyl (C=O) groups excluding carboxylic acids is 2. The first-order valence-electron chi connectivity index (χ1n) is 8.88. The number of rotatable bonds is 4. The first kappa shape index (κ1) is 19.1. The fourth-order valence-corrected chi connectivity index (χ4v) is 4.37. The van der Waals surface area contributed by atoms with Gasteiger partial charge in [-0.15, -0.1) is 11.8 Å². The van der Waals surface area contributed by atoms with Crippen LogP contribution in [-0.2, 0) is 4.79 Å². The van der Waals surface area contributed by atoms with Gasteiger partial charge in [0.25, 0.3) is 5.91 Å². The Morgan fingerprint density at radius 1 is 0.931 bits per heavy atom. The highest BCUT2D eigenvalue weighted by atomic mass is 32.2. The normalized spacial score (nSPS) is 16.1. The van der Waals surface area contributed by atoms with Crippen molar-refractivity contribution in [3.63, 3.8) is 0 Å². The maximum Gasteiger partial charge on any atom is 0.255 e. The summed E-state index contributed by atoms with van der Waals surface area (Å²) in [4.78, 5) is 26.7. The Morgan fingerprint density at radius 3 is 2.24 bits per heavy atom. The first-order valence-corrected chi connectivity index (χ1v) is 9.93. The molecular formula is C22H16F2N2O2S. The van der Waals surface area contributed by atoms with Gasteiger partial charge in [0, 0.05) is 22.5 Å². The Kier molecular flexibility index (Phi) is 5.31. The van der Waals surface area contributed by atoms with Crippen LogP contribution in [0.15, 0.2) is 72.8 Å². The summed E-state index contributed by atoms with van der Waals surface area (Å²) in [6.07, 6.45) is 0. The molecule has 3 aromatic rings. The van der Waals surface area contributed by atoms with Crippen LogP contribution in [0.1, 0.15) is 21.3 Å². The summed E-state index contributed by atoms with van der Waals surface area (Å²) in [5.74, 6) is -0.983. The highest BCUT2D eigenvalue weighted by Gasteiger charge is 2.35. The van der Waals surface area contributed by atoms with Gasteiger partial charge >= 0.3 is 0 Å². The van der Waals surface area contributed by atoms with Crippen molar-refractivity contribution in [3.05, 3.63) is 95.6 Å². The quantitative estimate of drug-likeness (QED) is 0.659. The van der Waals surface area contributed by atoms with Crippen molar-refractivity contribution in [2.24, 2.45) is 0 Å². The molecule has 1 fully saturated rings. The Hall–Kier alpha value is -3.19. The third-order valence-electron chi connectivity index (χ3n) is 4.55. The molecule has 0 spiro atoms. The van der Waals surface area contributed by atoms with Crippen molar-refractivity contribution in [1.29, 1.82) is 0 Å². The molecule has 29 heavy (non-hydrogen) atoms. The zero-order valence-corrected chi connectivity index (χ0v) is 16.0. The molecule has 2 amide bonds. The molecule has 7 heteroatoms. The van der Waals surface area contributed by atoms with Crippen LogP contribution < -0.4 is 10.2 Å². The molecule has 0 unspecified atom stereocenters. The van der Waals surface area contributed by atoms with E-state index in [-0.39, 0.29) is 28.8 Å². The van der Waals surface area contributed by atoms with Crippen LogP contribution in [0.2, 0.25) is 0 Å². The lowest BCUT2D eigenvalue weighted by Crippen LogP contribution is -2.28. The molecule has 1 N–H and O–H groups in total. The number of thioether (sulfide) groups is 1. The highest BCUT2D eigenvalue weighted by Crippen LogP contribution is 2.44. The molecule has 0 radical (unpaired) electrons. The van der Waals surface area contributed by atoms with E-state index in [1.807, 2.05) is 12.1 Å². The Morgan fingerprint density at radius 2 is 1.55 bits per heavy atom. The maximum atomic E-state index is 13.3. The van der Waals surface area contributed by atoms with Crippen LogP contribution >= 0.6 is 11.8 Å². The number of nitrogens with one attached hydrogen (secondary N) is 1. The second-order valence-corrected chi connectivity index (χ2v) is 7.52. The Labute approximate surface area is 170 Å². The fraction of sp³-hybridized carbons (Fsp3) is 0.0909. The van der Waals surface area contributed by atoms with Gasteiger partial charge in [0.05, 0.1) is 5.75 Å². The fourth-order valence-electron chi connectivity index (χ4n) is 3.16. The Bertz CT molecular complexity index is 1060. The molecule has 0 aromatic heterocycles. The minimum absolute atomic E-state index is 0.0914. The smallest absolute Gasteiger partial charge is 0.255 e. The van der Waals surface area contributed by atoms with Gasteiger partial charge in [-0.1, -0.05) is 18.2 Å². The summed E-state index contributed by atoms with van der Waals surface area (Å²) in [7, 11) is 0. The number of para-hydroxylation sites is 1. The molecule has 1 heterocycles. The topological polar surface area (TPSA) is 49.4 Å². The second kappa shape index (κ2) is 8.05. The number of hydrogen-bond acceptors (Lipinski definition) is 3. The zero-order valence-electron chi connectivity index (χ0n) is 15.1. The van der Waals surface area contributed by atoms with E-state index >= 15 is 0 Å². The molecule has 3 aromatic carbocycles. The number of halogens is 2. The van der Waals surface area contributed by atoms with E-state index < -0.39 is 5.82 Å². The average molecular weight is 410 g/mol. The number of hydrogen-bond donors (Lipinski definition) is 1. The van der Waals surface area contributed by atoms with Gasteiger partial charge in [-0.3, -0.25) is 14.5 Å². The molecule has 1 atom stereocenters. The van der Waals surface area contributed by atoms with Crippen molar-refractivity contribution < 1.29 is 18.4 Å². The van der Waals surface area contributed by atoms with Crippen LogP contribution in [0.4, 0.5) is 20.2 Å². The number of nitrogens with zero attached hydrogens (tertiary/aromatic N) is 1. The summed E-state index contributed by atoms with van der Waals surface area (Å²) in [5, 5.41) is 2.48. The minimum atomic E-state index is -0.419. The van der Waals surface area contributed by atoms with Crippen molar-refractivity contribution in [1.82, 2.24) is 0 Å². The van der Waals surface area contributed by atoms with Crippen molar-refractivity contribution in [2.45, 2.75) is 5.37 Å². The van der Waals surface area contributed by atoms with Gasteiger partial charge in [0.2, 0.25) is 5.91 Å². The Balaban J connectivity index is 1.65. The van der Waals surface area contributed by atoms with Gasteiger partial charge in [0.15, 0.2) is 0 Å². The van der Waals surface area contributed by atoms with Gasteiger partial charge in [-0.25, -0.2) is 8.78 Å². The van der Waals surface area contributed by atoms with Crippen molar-refractivity contribution in [2.75, 3.05) is 16.0 Å². The van der Waals surface area contributed by atoms with E-state index in [0.717, 1.165) is 5.56 Å². The minimum Gasteiger partial charge on any atom is -0.322 e. The molecule has 0 saturated carbocycles. The van der Waals surface area contributed by atoms with E-state index in [1.54, 1.807) is 29.2 Å². The average Bonchev–Trinajstić information content (AvgIpc) is 3.11. The summed E-state index contributed by atoms with van der Waals surface area (Å²) < 4.78 is 26.4. The zero-order chi connectivity index (χ0) is 20.4. The third kappa shape index (κ3) is 4.00. The van der Waals surface area contributed by atoms with Crippen LogP contribution in [0, 0.1) is 11.6 Å². The van der Waals surface area contributed by atoms with Gasteiger partial charge in [-0.2, -0.15) is 0 Å². The van der Waals surface area contributed by atoms with Crippen LogP contribution in [0.5, 0.6) is 0 Å². The van der Waals surface area contributed by atoms with E-state index in [4.69, 9.17) is 0 Å². The lowest BCUT2D eigenvalue weighted by atomic mass is 10.1. The number of benzene rings is 3. The second-order valence-electron chi connectivity index (χ2n) is 6.45. The summed E-state index contributed by atoms with van der Waals surface area (Å²) in [6.45, 7) is 0. The van der Waals surface area contributed by atoms with Crippen LogP contribution in [-0.4, -0.2) is 17.6 Å². The highest BCUT2D eigenvalue weighted by molar-refractivity contribution is 8.00. The van der Waals surface area contributed by atoms with E-state index in [0.29, 0.717) is 16.9 Å².